The van der Waals surface area contributed by atoms with Gasteiger partial charge in [-0.25, -0.2) is 0 Å². The molecule has 3 aromatic carbocycles. The van der Waals surface area contributed by atoms with Crippen LogP contribution in [0, 0.1) is 0 Å². The van der Waals surface area contributed by atoms with Gasteiger partial charge in [-0.05, 0) is 30.5 Å². The Labute approximate surface area is 194 Å². The van der Waals surface area contributed by atoms with Gasteiger partial charge in [0, 0.05) is 42.2 Å². The molecule has 0 aliphatic carbocycles. The van der Waals surface area contributed by atoms with Gasteiger partial charge >= 0.3 is 0 Å². The molecular weight excluding hydrogens is 420 g/mol. The van der Waals surface area contributed by atoms with E-state index in [1.54, 1.807) is 0 Å². The number of oxime groups is 1. The molecule has 164 valence electrons. The first kappa shape index (κ1) is 21.2. The molecule has 2 heterocycles. The third-order valence-corrected chi connectivity index (χ3v) is 6.99. The van der Waals surface area contributed by atoms with Gasteiger partial charge in [-0.3, -0.25) is 4.90 Å². The summed E-state index contributed by atoms with van der Waals surface area (Å²) in [5.41, 5.74) is 2.82. The fourth-order valence-corrected chi connectivity index (χ4v) is 4.98. The second-order valence-electron chi connectivity index (χ2n) is 8.80. The van der Waals surface area contributed by atoms with E-state index >= 15 is 0 Å². The quantitative estimate of drug-likeness (QED) is 0.575. The Morgan fingerprint density at radius 1 is 0.812 bits per heavy atom. The lowest BCUT2D eigenvalue weighted by Crippen LogP contribution is -2.44. The van der Waals surface area contributed by atoms with Gasteiger partial charge in [0.2, 0.25) is 0 Å². The average Bonchev–Trinajstić information content (AvgIpc) is 3.27. The highest BCUT2D eigenvalue weighted by Gasteiger charge is 2.43. The number of halogens is 1. The first-order valence-electron chi connectivity index (χ1n) is 11.1. The predicted molar refractivity (Wildman–Crippen MR) is 128 cm³/mol. The zero-order valence-electron chi connectivity index (χ0n) is 18.0. The Hall–Kier alpha value is -2.66. The fraction of sp³-hybridized carbons (Fsp3) is 0.296. The monoisotopic (exact) mass is 446 g/mol. The molecule has 0 radical (unpaired) electrons. The molecular formula is C27H27ClN2O2. The van der Waals surface area contributed by atoms with Gasteiger partial charge in [0.05, 0.1) is 11.3 Å². The summed E-state index contributed by atoms with van der Waals surface area (Å²) in [7, 11) is 0. The highest BCUT2D eigenvalue weighted by molar-refractivity contribution is 6.30. The van der Waals surface area contributed by atoms with Crippen LogP contribution in [0.2, 0.25) is 5.02 Å². The van der Waals surface area contributed by atoms with E-state index in [-0.39, 0.29) is 0 Å². The molecule has 0 bridgehead atoms. The third kappa shape index (κ3) is 4.06. The molecule has 0 amide bonds. The number of piperidine rings is 1. The van der Waals surface area contributed by atoms with Crippen molar-refractivity contribution in [3.63, 3.8) is 0 Å². The normalized spacial score (nSPS) is 19.9. The van der Waals surface area contributed by atoms with Gasteiger partial charge in [-0.1, -0.05) is 89.6 Å². The lowest BCUT2D eigenvalue weighted by molar-refractivity contribution is -0.0226. The van der Waals surface area contributed by atoms with E-state index in [2.05, 4.69) is 34.3 Å². The van der Waals surface area contributed by atoms with Crippen molar-refractivity contribution in [3.8, 4) is 0 Å². The summed E-state index contributed by atoms with van der Waals surface area (Å²) in [6.45, 7) is 2.36. The van der Waals surface area contributed by atoms with Crippen LogP contribution in [0.4, 0.5) is 0 Å². The van der Waals surface area contributed by atoms with E-state index in [0.29, 0.717) is 17.9 Å². The molecule has 0 spiro atoms. The van der Waals surface area contributed by atoms with Crippen LogP contribution in [0.3, 0.4) is 0 Å². The van der Waals surface area contributed by atoms with Crippen LogP contribution in [0.15, 0.2) is 90.1 Å². The minimum Gasteiger partial charge on any atom is -0.385 e. The van der Waals surface area contributed by atoms with Crippen molar-refractivity contribution < 1.29 is 9.94 Å². The third-order valence-electron chi connectivity index (χ3n) is 6.73. The van der Waals surface area contributed by atoms with Crippen LogP contribution < -0.4 is 0 Å². The Bertz CT molecular complexity index is 1040. The van der Waals surface area contributed by atoms with E-state index in [4.69, 9.17) is 16.4 Å². The average molecular weight is 447 g/mol. The lowest BCUT2D eigenvalue weighted by atomic mass is 9.82. The van der Waals surface area contributed by atoms with Crippen LogP contribution >= 0.6 is 11.6 Å². The second-order valence-corrected chi connectivity index (χ2v) is 9.24. The molecule has 2 aliphatic heterocycles. The van der Waals surface area contributed by atoms with Crippen LogP contribution in [0.5, 0.6) is 0 Å². The number of likely N-dealkylation sites (tertiary alicyclic amines) is 1. The van der Waals surface area contributed by atoms with E-state index in [1.807, 2.05) is 60.7 Å². The molecule has 1 fully saturated rings. The number of hydrogen-bond donors (Lipinski definition) is 1. The highest BCUT2D eigenvalue weighted by Crippen LogP contribution is 2.41. The van der Waals surface area contributed by atoms with Gasteiger partial charge in [0.25, 0.3) is 0 Å². The molecule has 1 N–H and O–H groups in total. The standard InChI is InChI=1S/C27H27ClN2O2/c28-24-13-11-21(12-14-24)26(31)15-17-30(18-16-26)20-25-19-27(32-29-25,22-7-3-1-4-8-22)23-9-5-2-6-10-23/h1-14,31H,15-20H2. The molecule has 0 unspecified atom stereocenters. The largest absolute Gasteiger partial charge is 0.385 e. The number of aliphatic hydroxyl groups is 1. The molecule has 2 aliphatic rings. The van der Waals surface area contributed by atoms with E-state index in [0.717, 1.165) is 48.5 Å². The van der Waals surface area contributed by atoms with Crippen LogP contribution in [0.1, 0.15) is 36.0 Å². The molecule has 3 aromatic rings. The molecule has 0 saturated carbocycles. The van der Waals surface area contributed by atoms with Crippen molar-refractivity contribution in [2.45, 2.75) is 30.5 Å². The summed E-state index contributed by atoms with van der Waals surface area (Å²) in [6, 6.07) is 28.2. The molecule has 5 rings (SSSR count). The van der Waals surface area contributed by atoms with Gasteiger partial charge < -0.3 is 9.94 Å². The van der Waals surface area contributed by atoms with Gasteiger partial charge in [0.1, 0.15) is 0 Å². The SMILES string of the molecule is OC1(c2ccc(Cl)cc2)CCN(CC2=NOC(c3ccccc3)(c3ccccc3)C2)CC1. The van der Waals surface area contributed by atoms with Crippen molar-refractivity contribution in [1.29, 1.82) is 0 Å². The smallest absolute Gasteiger partial charge is 0.193 e. The molecule has 1 saturated heterocycles. The van der Waals surface area contributed by atoms with Gasteiger partial charge in [-0.15, -0.1) is 0 Å². The number of rotatable bonds is 5. The Morgan fingerprint density at radius 2 is 1.38 bits per heavy atom. The molecule has 5 heteroatoms. The Balaban J connectivity index is 1.28. The Kier molecular flexibility index (Phi) is 5.76. The second kappa shape index (κ2) is 8.70. The van der Waals surface area contributed by atoms with Crippen LogP contribution in [0.25, 0.3) is 0 Å². The zero-order chi connectivity index (χ0) is 22.0. The maximum atomic E-state index is 11.2. The molecule has 32 heavy (non-hydrogen) atoms. The summed E-state index contributed by atoms with van der Waals surface area (Å²) in [6.07, 6.45) is 2.09. The minimum absolute atomic E-state index is 0.586. The number of hydrogen-bond acceptors (Lipinski definition) is 4. The van der Waals surface area contributed by atoms with E-state index in [9.17, 15) is 5.11 Å². The molecule has 4 nitrogen and oxygen atoms in total. The summed E-state index contributed by atoms with van der Waals surface area (Å²) in [5, 5.41) is 16.4. The van der Waals surface area contributed by atoms with Crippen molar-refractivity contribution in [2.24, 2.45) is 5.16 Å². The minimum atomic E-state index is -0.799. The van der Waals surface area contributed by atoms with Gasteiger partial charge in [0.15, 0.2) is 5.60 Å². The first-order valence-corrected chi connectivity index (χ1v) is 11.5. The summed E-state index contributed by atoms with van der Waals surface area (Å²) in [4.78, 5) is 8.55. The van der Waals surface area contributed by atoms with E-state index in [1.165, 1.54) is 0 Å². The molecule has 0 aromatic heterocycles. The predicted octanol–water partition coefficient (Wildman–Crippen LogP) is 5.34. The Morgan fingerprint density at radius 3 is 1.94 bits per heavy atom. The first-order chi connectivity index (χ1) is 15.6. The zero-order valence-corrected chi connectivity index (χ0v) is 18.7. The van der Waals surface area contributed by atoms with Crippen LogP contribution in [-0.2, 0) is 16.0 Å². The lowest BCUT2D eigenvalue weighted by Gasteiger charge is -2.38. The van der Waals surface area contributed by atoms with E-state index < -0.39 is 11.2 Å². The summed E-state index contributed by atoms with van der Waals surface area (Å²) in [5.74, 6) is 0. The topological polar surface area (TPSA) is 45.1 Å². The van der Waals surface area contributed by atoms with Crippen molar-refractivity contribution in [3.05, 3.63) is 107 Å². The van der Waals surface area contributed by atoms with Crippen molar-refractivity contribution in [1.82, 2.24) is 4.90 Å². The highest BCUT2D eigenvalue weighted by atomic mass is 35.5. The van der Waals surface area contributed by atoms with Crippen LogP contribution in [-0.4, -0.2) is 35.4 Å². The molecule has 0 atom stereocenters. The number of nitrogens with zero attached hydrogens (tertiary/aromatic N) is 2. The summed E-state index contributed by atoms with van der Waals surface area (Å²) >= 11 is 6.01. The van der Waals surface area contributed by atoms with Crippen molar-refractivity contribution in [2.75, 3.05) is 19.6 Å². The van der Waals surface area contributed by atoms with Gasteiger partial charge in [-0.2, -0.15) is 0 Å². The summed E-state index contributed by atoms with van der Waals surface area (Å²) < 4.78 is 0. The maximum absolute atomic E-state index is 11.2. The fourth-order valence-electron chi connectivity index (χ4n) is 4.86. The maximum Gasteiger partial charge on any atom is 0.193 e. The van der Waals surface area contributed by atoms with Crippen molar-refractivity contribution >= 4 is 17.3 Å². The number of benzene rings is 3.